The van der Waals surface area contributed by atoms with Crippen molar-refractivity contribution >= 4 is 5.91 Å². The molecule has 2 aliphatic heterocycles. The van der Waals surface area contributed by atoms with Gasteiger partial charge in [-0.25, -0.2) is 4.98 Å². The lowest BCUT2D eigenvalue weighted by Crippen LogP contribution is -2.45. The number of benzene rings is 1. The monoisotopic (exact) mass is 369 g/mol. The molecule has 0 N–H and O–H groups in total. The minimum absolute atomic E-state index is 0.0215. The number of aromatic nitrogens is 2. The zero-order valence-electron chi connectivity index (χ0n) is 15.3. The molecule has 1 amide bonds. The number of rotatable bonds is 4. The molecule has 7 nitrogen and oxygen atoms in total. The highest BCUT2D eigenvalue weighted by molar-refractivity contribution is 5.83. The van der Waals surface area contributed by atoms with Crippen LogP contribution in [-0.4, -0.2) is 53.7 Å². The minimum atomic E-state index is -0.487. The van der Waals surface area contributed by atoms with Crippen molar-refractivity contribution in [2.45, 2.75) is 31.5 Å². The van der Waals surface area contributed by atoms with Crippen LogP contribution < -0.4 is 9.47 Å². The Morgan fingerprint density at radius 3 is 2.85 bits per heavy atom. The number of piperidine rings is 1. The number of amides is 1. The van der Waals surface area contributed by atoms with Crippen molar-refractivity contribution in [3.05, 3.63) is 47.7 Å². The molecule has 1 saturated heterocycles. The van der Waals surface area contributed by atoms with Gasteiger partial charge >= 0.3 is 6.01 Å². The molecule has 1 aromatic heterocycles. The highest BCUT2D eigenvalue weighted by atomic mass is 16.5. The van der Waals surface area contributed by atoms with Gasteiger partial charge < -0.3 is 19.1 Å². The Hall–Kier alpha value is -2.67. The summed E-state index contributed by atoms with van der Waals surface area (Å²) in [4.78, 5) is 23.0. The molecule has 1 unspecified atom stereocenters. The third-order valence-electron chi connectivity index (χ3n) is 5.05. The van der Waals surface area contributed by atoms with Crippen LogP contribution in [0.4, 0.5) is 0 Å². The summed E-state index contributed by atoms with van der Waals surface area (Å²) in [6.07, 6.45) is 3.51. The lowest BCUT2D eigenvalue weighted by molar-refractivity contribution is -0.147. The van der Waals surface area contributed by atoms with Crippen molar-refractivity contribution in [2.24, 2.45) is 0 Å². The highest BCUT2D eigenvalue weighted by Gasteiger charge is 2.33. The first-order valence-electron chi connectivity index (χ1n) is 9.26. The zero-order valence-corrected chi connectivity index (χ0v) is 15.3. The lowest BCUT2D eigenvalue weighted by Gasteiger charge is -2.35. The second kappa shape index (κ2) is 7.92. The van der Waals surface area contributed by atoms with Crippen LogP contribution in [0.5, 0.6) is 11.9 Å². The summed E-state index contributed by atoms with van der Waals surface area (Å²) in [5.41, 5.74) is 2.21. The van der Waals surface area contributed by atoms with Crippen molar-refractivity contribution in [1.82, 2.24) is 14.9 Å². The van der Waals surface area contributed by atoms with Crippen molar-refractivity contribution in [1.29, 1.82) is 0 Å². The van der Waals surface area contributed by atoms with Crippen LogP contribution in [0.25, 0.3) is 0 Å². The molecule has 1 aromatic carbocycles. The van der Waals surface area contributed by atoms with Gasteiger partial charge in [-0.1, -0.05) is 24.3 Å². The van der Waals surface area contributed by atoms with E-state index in [2.05, 4.69) is 16.0 Å². The summed E-state index contributed by atoms with van der Waals surface area (Å²) in [5, 5.41) is 0. The number of likely N-dealkylation sites (tertiary alicyclic amines) is 1. The molecular weight excluding hydrogens is 346 g/mol. The smallest absolute Gasteiger partial charge is 0.319 e. The SMILES string of the molecule is COc1nccc(OC2CCN(C(=O)C3OCCc4ccccc43)CC2)n1. The van der Waals surface area contributed by atoms with Crippen LogP contribution >= 0.6 is 0 Å². The number of hydrogen-bond acceptors (Lipinski definition) is 6. The fourth-order valence-corrected chi connectivity index (χ4v) is 3.62. The molecule has 3 heterocycles. The zero-order chi connectivity index (χ0) is 18.6. The standard InChI is InChI=1S/C20H23N3O4/c1-25-20-21-10-6-17(22-20)27-15-7-11-23(12-8-15)19(24)18-16-5-3-2-4-14(16)9-13-26-18/h2-6,10,15,18H,7-9,11-13H2,1H3. The molecular formula is C20H23N3O4. The van der Waals surface area contributed by atoms with Gasteiger partial charge in [-0.15, -0.1) is 0 Å². The Balaban J connectivity index is 1.36. The van der Waals surface area contributed by atoms with Gasteiger partial charge in [-0.2, -0.15) is 4.98 Å². The number of hydrogen-bond donors (Lipinski definition) is 0. The van der Waals surface area contributed by atoms with E-state index in [1.165, 1.54) is 12.7 Å². The average molecular weight is 369 g/mol. The molecule has 1 atom stereocenters. The fourth-order valence-electron chi connectivity index (χ4n) is 3.62. The first-order chi connectivity index (χ1) is 13.2. The Morgan fingerprint density at radius 1 is 1.22 bits per heavy atom. The number of carbonyl (C=O) groups excluding carboxylic acids is 1. The molecule has 2 aromatic rings. The fraction of sp³-hybridized carbons (Fsp3) is 0.450. The van der Waals surface area contributed by atoms with Gasteiger partial charge in [0.2, 0.25) is 5.88 Å². The van der Waals surface area contributed by atoms with E-state index in [1.807, 2.05) is 23.1 Å². The molecule has 0 aliphatic carbocycles. The van der Waals surface area contributed by atoms with Crippen molar-refractivity contribution in [2.75, 3.05) is 26.8 Å². The van der Waals surface area contributed by atoms with E-state index in [4.69, 9.17) is 14.2 Å². The van der Waals surface area contributed by atoms with Gasteiger partial charge in [-0.3, -0.25) is 4.79 Å². The quantitative estimate of drug-likeness (QED) is 0.822. The predicted molar refractivity (Wildman–Crippen MR) is 97.7 cm³/mol. The van der Waals surface area contributed by atoms with E-state index < -0.39 is 6.10 Å². The summed E-state index contributed by atoms with van der Waals surface area (Å²) in [7, 11) is 1.52. The van der Waals surface area contributed by atoms with Gasteiger partial charge in [0.1, 0.15) is 6.10 Å². The van der Waals surface area contributed by atoms with Crippen molar-refractivity contribution < 1.29 is 19.0 Å². The summed E-state index contributed by atoms with van der Waals surface area (Å²) in [6.45, 7) is 1.88. The van der Waals surface area contributed by atoms with E-state index in [0.29, 0.717) is 25.6 Å². The molecule has 0 bridgehead atoms. The van der Waals surface area contributed by atoms with E-state index in [-0.39, 0.29) is 18.0 Å². The van der Waals surface area contributed by atoms with Crippen LogP contribution in [-0.2, 0) is 16.0 Å². The van der Waals surface area contributed by atoms with Gasteiger partial charge in [0.25, 0.3) is 5.91 Å². The Labute approximate surface area is 158 Å². The Bertz CT molecular complexity index is 805. The molecule has 142 valence electrons. The van der Waals surface area contributed by atoms with E-state index >= 15 is 0 Å². The molecule has 27 heavy (non-hydrogen) atoms. The number of carbonyl (C=O) groups is 1. The number of ether oxygens (including phenoxy) is 3. The molecule has 0 saturated carbocycles. The summed E-state index contributed by atoms with van der Waals surface area (Å²) < 4.78 is 16.8. The number of methoxy groups -OCH3 is 1. The molecule has 7 heteroatoms. The van der Waals surface area contributed by atoms with Gasteiger partial charge in [0.05, 0.1) is 13.7 Å². The summed E-state index contributed by atoms with van der Waals surface area (Å²) in [6, 6.07) is 10.0. The summed E-state index contributed by atoms with van der Waals surface area (Å²) in [5.74, 6) is 0.542. The molecule has 2 aliphatic rings. The van der Waals surface area contributed by atoms with E-state index in [0.717, 1.165) is 24.8 Å². The largest absolute Gasteiger partial charge is 0.474 e. The topological polar surface area (TPSA) is 73.8 Å². The van der Waals surface area contributed by atoms with E-state index in [1.54, 1.807) is 12.3 Å². The third kappa shape index (κ3) is 3.88. The Morgan fingerprint density at radius 2 is 2.04 bits per heavy atom. The van der Waals surface area contributed by atoms with Crippen LogP contribution in [0.1, 0.15) is 30.1 Å². The highest BCUT2D eigenvalue weighted by Crippen LogP contribution is 2.30. The maximum atomic E-state index is 13.0. The van der Waals surface area contributed by atoms with Crippen LogP contribution in [0.15, 0.2) is 36.5 Å². The minimum Gasteiger partial charge on any atom is -0.474 e. The normalized spacial score (nSPS) is 20.0. The van der Waals surface area contributed by atoms with Gasteiger partial charge in [-0.05, 0) is 17.5 Å². The maximum absolute atomic E-state index is 13.0. The van der Waals surface area contributed by atoms with Gasteiger partial charge in [0, 0.05) is 38.2 Å². The molecule has 0 spiro atoms. The van der Waals surface area contributed by atoms with Crippen molar-refractivity contribution in [3.8, 4) is 11.9 Å². The van der Waals surface area contributed by atoms with E-state index in [9.17, 15) is 4.79 Å². The first-order valence-corrected chi connectivity index (χ1v) is 9.26. The molecule has 4 rings (SSSR count). The van der Waals surface area contributed by atoms with Crippen LogP contribution in [0.3, 0.4) is 0 Å². The first kappa shape index (κ1) is 17.7. The average Bonchev–Trinajstić information content (AvgIpc) is 2.73. The summed E-state index contributed by atoms with van der Waals surface area (Å²) >= 11 is 0. The van der Waals surface area contributed by atoms with Crippen LogP contribution in [0, 0.1) is 0 Å². The molecule has 0 radical (unpaired) electrons. The molecule has 1 fully saturated rings. The predicted octanol–water partition coefficient (Wildman–Crippen LogP) is 2.17. The number of fused-ring (bicyclic) bond motifs is 1. The van der Waals surface area contributed by atoms with Gasteiger partial charge in [0.15, 0.2) is 6.10 Å². The van der Waals surface area contributed by atoms with Crippen LogP contribution in [0.2, 0.25) is 0 Å². The lowest BCUT2D eigenvalue weighted by atomic mass is 9.96. The second-order valence-electron chi connectivity index (χ2n) is 6.72. The van der Waals surface area contributed by atoms with Crippen molar-refractivity contribution in [3.63, 3.8) is 0 Å². The third-order valence-corrected chi connectivity index (χ3v) is 5.05. The number of nitrogens with zero attached hydrogens (tertiary/aromatic N) is 3. The second-order valence-corrected chi connectivity index (χ2v) is 6.72. The Kier molecular flexibility index (Phi) is 5.20. The maximum Gasteiger partial charge on any atom is 0.319 e.